The Hall–Kier alpha value is -7.82. The number of carboxylic acid groups (broad SMARTS) is 5. The largest absolute Gasteiger partial charge is 0.872 e. The molecule has 4 rings (SSSR count). The van der Waals surface area contributed by atoms with Crippen molar-refractivity contribution in [3.63, 3.8) is 0 Å². The van der Waals surface area contributed by atoms with E-state index in [1.54, 1.807) is 0 Å². The van der Waals surface area contributed by atoms with Gasteiger partial charge in [-0.3, -0.25) is 0 Å². The normalized spacial score (nSPS) is 10.4. The van der Waals surface area contributed by atoms with Crippen molar-refractivity contribution in [3.05, 3.63) is 119 Å². The third-order valence-corrected chi connectivity index (χ3v) is 6.47. The number of rotatable bonds is 15. The van der Waals surface area contributed by atoms with Crippen molar-refractivity contribution in [2.75, 3.05) is 16.0 Å². The number of aliphatic carboxylic acids is 5. The van der Waals surface area contributed by atoms with Crippen LogP contribution < -0.4 is 46.6 Å². The Kier molecular flexibility index (Phi) is 12.6. The Bertz CT molecular complexity index is 1820. The number of carbonyl (C=O) groups excluding carboxylic acids is 5. The molecule has 17 nitrogen and oxygen atoms in total. The van der Waals surface area contributed by atoms with E-state index in [0.717, 1.165) is 18.2 Å². The van der Waals surface area contributed by atoms with Gasteiger partial charge in [0.05, 0.1) is 29.8 Å². The molecule has 0 fully saturated rings. The zero-order chi connectivity index (χ0) is 37.2. The van der Waals surface area contributed by atoms with E-state index in [2.05, 4.69) is 37.5 Å². The summed E-state index contributed by atoms with van der Waals surface area (Å²) in [4.78, 5) is 68.4. The molecule has 0 aliphatic heterocycles. The van der Waals surface area contributed by atoms with E-state index in [-0.39, 0.29) is 36.4 Å². The molecule has 0 aliphatic rings. The minimum Gasteiger partial charge on any atom is -0.872 e. The predicted octanol–water partition coefficient (Wildman–Crippen LogP) is -2.49. The van der Waals surface area contributed by atoms with Crippen LogP contribution in [0.1, 0.15) is 24.1 Å². The third kappa shape index (κ3) is 10.6. The van der Waals surface area contributed by atoms with Crippen LogP contribution in [0.2, 0.25) is 0 Å². The fourth-order valence-electron chi connectivity index (χ4n) is 4.07. The lowest BCUT2D eigenvalue weighted by Crippen LogP contribution is -2.36. The molecule has 0 spiro atoms. The molecule has 0 aliphatic carbocycles. The second-order valence-electron chi connectivity index (χ2n) is 10.1. The van der Waals surface area contributed by atoms with Gasteiger partial charge in [-0.2, -0.15) is 15.0 Å². The number of carboxylic acids is 5. The molecule has 17 heteroatoms. The number of aromatic nitrogens is 3. The number of hydrogen-bond donors (Lipinski definition) is 3. The lowest BCUT2D eigenvalue weighted by Gasteiger charge is -2.15. The van der Waals surface area contributed by atoms with Crippen LogP contribution in [0.4, 0.5) is 34.9 Å². The van der Waals surface area contributed by atoms with Gasteiger partial charge < -0.3 is 70.6 Å². The van der Waals surface area contributed by atoms with E-state index in [1.807, 2.05) is 0 Å². The van der Waals surface area contributed by atoms with Crippen molar-refractivity contribution < 1.29 is 54.6 Å². The zero-order valence-electron chi connectivity index (χ0n) is 25.7. The van der Waals surface area contributed by atoms with E-state index in [0.29, 0.717) is 22.6 Å². The van der Waals surface area contributed by atoms with Gasteiger partial charge in [-0.1, -0.05) is 43.8 Å². The van der Waals surface area contributed by atoms with Crippen LogP contribution in [0, 0.1) is 0 Å². The fourth-order valence-corrected chi connectivity index (χ4v) is 4.07. The van der Waals surface area contributed by atoms with E-state index in [9.17, 15) is 54.6 Å². The zero-order valence-corrected chi connectivity index (χ0v) is 25.7. The van der Waals surface area contributed by atoms with E-state index in [1.165, 1.54) is 72.8 Å². The molecule has 0 unspecified atom stereocenters. The van der Waals surface area contributed by atoms with Gasteiger partial charge in [0, 0.05) is 28.2 Å². The summed E-state index contributed by atoms with van der Waals surface area (Å²) in [6, 6.07) is 17.6. The molecule has 0 saturated carbocycles. The standard InChI is InChI=1S/C34H26N6O11.CH4/c1-17(41)24(27(42)43)14-18-2-8-21(9-3-18)35-32-38-33(36-22-10-4-19(5-11-22)15-25(28(44)45)29(46)47)40-34(39-32)37-23-12-6-20(7-13-23)16-26(30(48)49)31(50)51;/h2-16,41H,1H2,(H,42,43)(H,44,45)(H,46,47)(H,48,49)(H,50,51)(H3,35,36,37,38,39,40);1H4/p-6/b24-14-;. The molecule has 1 heterocycles. The molecule has 0 amide bonds. The van der Waals surface area contributed by atoms with E-state index < -0.39 is 52.3 Å². The minimum atomic E-state index is -1.92. The molecule has 3 aromatic carbocycles. The van der Waals surface area contributed by atoms with Crippen molar-refractivity contribution in [2.45, 2.75) is 7.43 Å². The number of benzene rings is 3. The van der Waals surface area contributed by atoms with Crippen LogP contribution >= 0.6 is 0 Å². The molecule has 0 atom stereocenters. The van der Waals surface area contributed by atoms with Gasteiger partial charge in [0.2, 0.25) is 17.8 Å². The minimum absolute atomic E-state index is 0. The fraction of sp³-hybridized carbons (Fsp3) is 0.0286. The first-order valence-electron chi connectivity index (χ1n) is 14.1. The van der Waals surface area contributed by atoms with Gasteiger partial charge in [0.15, 0.2) is 0 Å². The monoisotopic (exact) mass is 704 g/mol. The van der Waals surface area contributed by atoms with Crippen molar-refractivity contribution in [1.82, 2.24) is 15.0 Å². The summed E-state index contributed by atoms with van der Waals surface area (Å²) in [5.41, 5.74) is -0.778. The number of carbonyl (C=O) groups is 5. The topological polar surface area (TPSA) is 298 Å². The highest BCUT2D eigenvalue weighted by atomic mass is 16.4. The maximum atomic E-state index is 11.5. The average Bonchev–Trinajstić information content (AvgIpc) is 3.06. The maximum Gasteiger partial charge on any atom is 0.233 e. The number of hydrogen-bond acceptors (Lipinski definition) is 17. The Morgan fingerprint density at radius 1 is 0.442 bits per heavy atom. The summed E-state index contributed by atoms with van der Waals surface area (Å²) in [7, 11) is 0. The first-order chi connectivity index (χ1) is 24.2. The molecule has 4 aromatic rings. The molecular formula is C35H24N6O11-6. The lowest BCUT2D eigenvalue weighted by molar-refractivity contribution is -0.315. The first-order valence-corrected chi connectivity index (χ1v) is 14.1. The molecule has 0 saturated heterocycles. The van der Waals surface area contributed by atoms with Crippen molar-refractivity contribution in [2.24, 2.45) is 0 Å². The third-order valence-electron chi connectivity index (χ3n) is 6.47. The summed E-state index contributed by atoms with van der Waals surface area (Å²) in [5, 5.41) is 75.7. The predicted molar refractivity (Wildman–Crippen MR) is 174 cm³/mol. The Balaban J connectivity index is 0.00000729. The second-order valence-corrected chi connectivity index (χ2v) is 10.1. The van der Waals surface area contributed by atoms with E-state index in [4.69, 9.17) is 0 Å². The second kappa shape index (κ2) is 17.0. The molecule has 1 aromatic heterocycles. The van der Waals surface area contributed by atoms with Gasteiger partial charge >= 0.3 is 0 Å². The highest BCUT2D eigenvalue weighted by molar-refractivity contribution is 6.15. The van der Waals surface area contributed by atoms with Crippen LogP contribution in [0.15, 0.2) is 102 Å². The van der Waals surface area contributed by atoms with Crippen LogP contribution in [0.25, 0.3) is 18.2 Å². The van der Waals surface area contributed by atoms with Gasteiger partial charge in [0.1, 0.15) is 0 Å². The lowest BCUT2D eigenvalue weighted by atomic mass is 10.1. The molecule has 3 N–H and O–H groups in total. The highest BCUT2D eigenvalue weighted by Gasteiger charge is 2.10. The Morgan fingerprint density at radius 3 is 0.885 bits per heavy atom. The average molecular weight is 705 g/mol. The summed E-state index contributed by atoms with van der Waals surface area (Å²) < 4.78 is 0. The quantitative estimate of drug-likeness (QED) is 0.0379. The van der Waals surface area contributed by atoms with Gasteiger partial charge in [-0.05, 0) is 76.9 Å². The van der Waals surface area contributed by atoms with E-state index >= 15 is 0 Å². The van der Waals surface area contributed by atoms with Crippen molar-refractivity contribution in [1.29, 1.82) is 0 Å². The van der Waals surface area contributed by atoms with Crippen molar-refractivity contribution in [3.8, 4) is 0 Å². The maximum absolute atomic E-state index is 11.5. The van der Waals surface area contributed by atoms with Gasteiger partial charge in [0.25, 0.3) is 0 Å². The number of nitrogens with one attached hydrogen (secondary N) is 3. The van der Waals surface area contributed by atoms with Gasteiger partial charge in [-0.15, -0.1) is 12.3 Å². The number of anilines is 6. The van der Waals surface area contributed by atoms with Crippen molar-refractivity contribution >= 4 is 83.0 Å². The molecular weight excluding hydrogens is 680 g/mol. The summed E-state index contributed by atoms with van der Waals surface area (Å²) in [5.74, 6) is -10.4. The molecule has 52 heavy (non-hydrogen) atoms. The Labute approximate surface area is 294 Å². The Morgan fingerprint density at radius 2 is 0.673 bits per heavy atom. The molecule has 0 radical (unpaired) electrons. The molecule has 266 valence electrons. The smallest absolute Gasteiger partial charge is 0.233 e. The SMILES string of the molecule is C.C=C([O-])/C(=C/c1ccc(Nc2nc(Nc3ccc(C=C(C(=O)[O-])C(=O)[O-])cc3)nc(Nc3ccc(C=C(C(=O)[O-])C(=O)[O-])cc3)n2)cc1)C(=O)[O-]. The summed E-state index contributed by atoms with van der Waals surface area (Å²) in [6.45, 7) is 3.09. The van der Waals surface area contributed by atoms with Crippen LogP contribution in [0.3, 0.4) is 0 Å². The highest BCUT2D eigenvalue weighted by Crippen LogP contribution is 2.23. The van der Waals surface area contributed by atoms with Gasteiger partial charge in [-0.25, -0.2) is 0 Å². The first kappa shape index (κ1) is 38.6. The van der Waals surface area contributed by atoms with Crippen LogP contribution in [0.5, 0.6) is 0 Å². The summed E-state index contributed by atoms with van der Waals surface area (Å²) in [6.07, 6.45) is 2.81. The van der Waals surface area contributed by atoms with Crippen LogP contribution in [-0.2, 0) is 24.0 Å². The van der Waals surface area contributed by atoms with Crippen LogP contribution in [-0.4, -0.2) is 44.8 Å². The number of nitrogens with zero attached hydrogens (tertiary/aromatic N) is 3. The molecule has 0 bridgehead atoms. The summed E-state index contributed by atoms with van der Waals surface area (Å²) >= 11 is 0.